The van der Waals surface area contributed by atoms with E-state index in [0.29, 0.717) is 22.5 Å². The largest absolute Gasteiger partial charge is 0.268 e. The highest BCUT2D eigenvalue weighted by Gasteiger charge is 2.14. The van der Waals surface area contributed by atoms with E-state index in [0.717, 1.165) is 10.6 Å². The number of aromatic nitrogens is 2. The molecule has 0 fully saturated rings. The van der Waals surface area contributed by atoms with E-state index in [-0.39, 0.29) is 11.5 Å². The molecule has 4 rings (SSSR count). The van der Waals surface area contributed by atoms with Gasteiger partial charge in [0.25, 0.3) is 5.56 Å². The summed E-state index contributed by atoms with van der Waals surface area (Å²) in [6.07, 6.45) is 3.06. The van der Waals surface area contributed by atoms with Gasteiger partial charge in [0.1, 0.15) is 23.3 Å². The highest BCUT2D eigenvalue weighted by molar-refractivity contribution is 5.80. The summed E-state index contributed by atoms with van der Waals surface area (Å²) in [6.45, 7) is 0. The smallest absolute Gasteiger partial charge is 0.266 e. The van der Waals surface area contributed by atoms with E-state index in [1.165, 1.54) is 24.3 Å². The van der Waals surface area contributed by atoms with Crippen molar-refractivity contribution in [3.8, 4) is 5.69 Å². The van der Waals surface area contributed by atoms with E-state index >= 15 is 0 Å². The lowest BCUT2D eigenvalue weighted by Crippen LogP contribution is -2.23. The van der Waals surface area contributed by atoms with Gasteiger partial charge in [-0.05, 0) is 48.0 Å². The average molecular weight is 378 g/mol. The molecule has 1 heterocycles. The Morgan fingerprint density at radius 2 is 1.61 bits per heavy atom. The third-order valence-corrected chi connectivity index (χ3v) is 4.23. The van der Waals surface area contributed by atoms with Gasteiger partial charge < -0.3 is 0 Å². The molecular formula is C22H13F3N2O. The molecule has 0 bridgehead atoms. The molecule has 3 aromatic carbocycles. The fourth-order valence-corrected chi connectivity index (χ4v) is 2.94. The minimum atomic E-state index is -0.889. The molecule has 3 nitrogen and oxygen atoms in total. The van der Waals surface area contributed by atoms with Crippen molar-refractivity contribution >= 4 is 23.1 Å². The third-order valence-electron chi connectivity index (χ3n) is 4.23. The monoisotopic (exact) mass is 378 g/mol. The maximum atomic E-state index is 14.4. The fourth-order valence-electron chi connectivity index (χ4n) is 2.94. The number of nitrogens with zero attached hydrogens (tertiary/aromatic N) is 2. The highest BCUT2D eigenvalue weighted by Crippen LogP contribution is 2.19. The van der Waals surface area contributed by atoms with Gasteiger partial charge in [0.2, 0.25) is 0 Å². The Bertz CT molecular complexity index is 1280. The molecule has 6 heteroatoms. The minimum Gasteiger partial charge on any atom is -0.268 e. The van der Waals surface area contributed by atoms with Crippen molar-refractivity contribution < 1.29 is 13.2 Å². The third kappa shape index (κ3) is 3.32. The second kappa shape index (κ2) is 7.15. The van der Waals surface area contributed by atoms with Crippen LogP contribution in [0.25, 0.3) is 28.7 Å². The molecule has 0 radical (unpaired) electrons. The Hall–Kier alpha value is -3.67. The Balaban J connectivity index is 1.97. The summed E-state index contributed by atoms with van der Waals surface area (Å²) >= 11 is 0. The van der Waals surface area contributed by atoms with Crippen LogP contribution in [0, 0.1) is 17.5 Å². The zero-order valence-corrected chi connectivity index (χ0v) is 14.4. The molecule has 0 N–H and O–H groups in total. The van der Waals surface area contributed by atoms with Crippen LogP contribution in [0.15, 0.2) is 71.5 Å². The number of halogens is 3. The lowest BCUT2D eigenvalue weighted by molar-refractivity contribution is 0.576. The molecule has 1 aromatic heterocycles. The molecule has 0 unspecified atom stereocenters. The summed E-state index contributed by atoms with van der Waals surface area (Å²) in [4.78, 5) is 17.5. The van der Waals surface area contributed by atoms with Gasteiger partial charge in [-0.2, -0.15) is 0 Å². The topological polar surface area (TPSA) is 34.9 Å². The molecule has 138 valence electrons. The van der Waals surface area contributed by atoms with Gasteiger partial charge in [-0.1, -0.05) is 30.3 Å². The molecule has 28 heavy (non-hydrogen) atoms. The first-order valence-electron chi connectivity index (χ1n) is 8.44. The van der Waals surface area contributed by atoms with E-state index in [1.54, 1.807) is 42.5 Å². The van der Waals surface area contributed by atoms with Crippen LogP contribution in [-0.4, -0.2) is 9.55 Å². The van der Waals surface area contributed by atoms with Crippen LogP contribution in [0.2, 0.25) is 0 Å². The Labute approximate surface area is 158 Å². The normalized spacial score (nSPS) is 11.4. The van der Waals surface area contributed by atoms with Crippen molar-refractivity contribution in [1.82, 2.24) is 9.55 Å². The van der Waals surface area contributed by atoms with E-state index in [4.69, 9.17) is 0 Å². The van der Waals surface area contributed by atoms with Crippen LogP contribution < -0.4 is 5.56 Å². The second-order valence-electron chi connectivity index (χ2n) is 6.11. The number of benzene rings is 3. The van der Waals surface area contributed by atoms with Gasteiger partial charge in [0.15, 0.2) is 0 Å². The van der Waals surface area contributed by atoms with Crippen molar-refractivity contribution in [1.29, 1.82) is 0 Å². The molecular weight excluding hydrogens is 365 g/mol. The van der Waals surface area contributed by atoms with E-state index in [2.05, 4.69) is 4.98 Å². The average Bonchev–Trinajstić information content (AvgIpc) is 2.68. The summed E-state index contributed by atoms with van der Waals surface area (Å²) in [6, 6.07) is 15.5. The lowest BCUT2D eigenvalue weighted by atomic mass is 10.2. The summed E-state index contributed by atoms with van der Waals surface area (Å²) in [5.74, 6) is -1.91. The molecule has 0 aliphatic rings. The van der Waals surface area contributed by atoms with Crippen molar-refractivity contribution in [2.45, 2.75) is 0 Å². The maximum absolute atomic E-state index is 14.4. The highest BCUT2D eigenvalue weighted by atomic mass is 19.1. The number of fused-ring (bicyclic) bond motifs is 1. The molecule has 0 atom stereocenters. The van der Waals surface area contributed by atoms with Crippen LogP contribution in [-0.2, 0) is 0 Å². The maximum Gasteiger partial charge on any atom is 0.266 e. The molecule has 0 aliphatic heterocycles. The molecule has 0 amide bonds. The summed E-state index contributed by atoms with van der Waals surface area (Å²) in [7, 11) is 0. The molecule has 0 saturated carbocycles. The zero-order chi connectivity index (χ0) is 19.7. The molecule has 0 spiro atoms. The van der Waals surface area contributed by atoms with Crippen molar-refractivity contribution in [3.63, 3.8) is 0 Å². The van der Waals surface area contributed by atoms with E-state index in [1.807, 2.05) is 0 Å². The fraction of sp³-hybridized carbons (Fsp3) is 0. The first-order valence-corrected chi connectivity index (χ1v) is 8.44. The van der Waals surface area contributed by atoms with Crippen molar-refractivity contribution in [2.75, 3.05) is 0 Å². The van der Waals surface area contributed by atoms with Crippen LogP contribution in [0.3, 0.4) is 0 Å². The van der Waals surface area contributed by atoms with Crippen LogP contribution >= 0.6 is 0 Å². The van der Waals surface area contributed by atoms with Gasteiger partial charge in [-0.3, -0.25) is 9.36 Å². The quantitative estimate of drug-likeness (QED) is 0.504. The predicted octanol–water partition coefficient (Wildman–Crippen LogP) is 4.97. The standard InChI is InChI=1S/C22H13F3N2O/c23-15-5-3-4-14(12-15)8-11-21-26-19-7-2-1-6-17(19)22(28)27(21)20-10-9-16(24)13-18(20)25/h1-13H/b11-8+. The number of para-hydroxylation sites is 1. The van der Waals surface area contributed by atoms with Crippen molar-refractivity contribution in [2.24, 2.45) is 0 Å². The Morgan fingerprint density at radius 1 is 0.821 bits per heavy atom. The zero-order valence-electron chi connectivity index (χ0n) is 14.4. The first kappa shape index (κ1) is 17.7. The SMILES string of the molecule is O=c1c2ccccc2nc(/C=C/c2cccc(F)c2)n1-c1ccc(F)cc1F. The number of hydrogen-bond donors (Lipinski definition) is 0. The predicted molar refractivity (Wildman–Crippen MR) is 103 cm³/mol. The van der Waals surface area contributed by atoms with Crippen LogP contribution in [0.1, 0.15) is 11.4 Å². The summed E-state index contributed by atoms with van der Waals surface area (Å²) in [5.41, 5.74) is 0.372. The minimum absolute atomic E-state index is 0.122. The second-order valence-corrected chi connectivity index (χ2v) is 6.11. The van der Waals surface area contributed by atoms with E-state index < -0.39 is 23.0 Å². The van der Waals surface area contributed by atoms with E-state index in [9.17, 15) is 18.0 Å². The molecule has 0 saturated heterocycles. The van der Waals surface area contributed by atoms with Gasteiger partial charge in [-0.25, -0.2) is 18.2 Å². The summed E-state index contributed by atoms with van der Waals surface area (Å²) in [5, 5.41) is 0.300. The van der Waals surface area contributed by atoms with Crippen LogP contribution in [0.5, 0.6) is 0 Å². The van der Waals surface area contributed by atoms with Gasteiger partial charge in [-0.15, -0.1) is 0 Å². The first-order chi connectivity index (χ1) is 13.5. The van der Waals surface area contributed by atoms with Crippen LogP contribution in [0.4, 0.5) is 13.2 Å². The molecule has 0 aliphatic carbocycles. The Morgan fingerprint density at radius 3 is 2.39 bits per heavy atom. The van der Waals surface area contributed by atoms with Gasteiger partial charge in [0, 0.05) is 6.07 Å². The number of hydrogen-bond acceptors (Lipinski definition) is 2. The summed E-state index contributed by atoms with van der Waals surface area (Å²) < 4.78 is 42.2. The lowest BCUT2D eigenvalue weighted by Gasteiger charge is -2.12. The van der Waals surface area contributed by atoms with Gasteiger partial charge >= 0.3 is 0 Å². The van der Waals surface area contributed by atoms with Gasteiger partial charge in [0.05, 0.1) is 16.6 Å². The Kier molecular flexibility index (Phi) is 4.53. The van der Waals surface area contributed by atoms with Crippen molar-refractivity contribution in [3.05, 3.63) is 106 Å². The number of rotatable bonds is 3. The molecule has 4 aromatic rings.